The van der Waals surface area contributed by atoms with Crippen LogP contribution < -0.4 is 16.1 Å². The van der Waals surface area contributed by atoms with E-state index in [-0.39, 0.29) is 44.3 Å². The minimum absolute atomic E-state index is 0. The minimum atomic E-state index is -0.656. The van der Waals surface area contributed by atoms with Crippen molar-refractivity contribution in [3.63, 3.8) is 0 Å². The normalized spacial score (nSPS) is 10.2. The molecular formula is C15H19ClFN3O3. The Balaban J connectivity index is 0.00000264. The van der Waals surface area contributed by atoms with E-state index in [2.05, 4.69) is 4.98 Å². The summed E-state index contributed by atoms with van der Waals surface area (Å²) in [5.41, 5.74) is -0.0509. The second kappa shape index (κ2) is 9.12. The molecule has 0 fully saturated rings. The van der Waals surface area contributed by atoms with Crippen molar-refractivity contribution in [1.29, 1.82) is 0 Å². The maximum Gasteiger partial charge on any atom is 0.328 e. The molecule has 0 radical (unpaired) electrons. The van der Waals surface area contributed by atoms with Crippen LogP contribution in [-0.2, 0) is 6.54 Å². The third kappa shape index (κ3) is 4.67. The van der Waals surface area contributed by atoms with E-state index in [1.54, 1.807) is 0 Å². The molecule has 2 rings (SSSR count). The first-order valence-electron chi connectivity index (χ1n) is 6.95. The number of aromatic nitrogens is 2. The van der Waals surface area contributed by atoms with Crippen molar-refractivity contribution in [3.8, 4) is 0 Å². The first kappa shape index (κ1) is 18.9. The van der Waals surface area contributed by atoms with E-state index in [0.717, 1.165) is 10.1 Å². The van der Waals surface area contributed by atoms with E-state index in [4.69, 9.17) is 5.11 Å². The van der Waals surface area contributed by atoms with Crippen LogP contribution in [0, 0.1) is 0 Å². The summed E-state index contributed by atoms with van der Waals surface area (Å²) in [6.07, 6.45) is 1.26. The lowest BCUT2D eigenvalue weighted by atomic mass is 10.2. The van der Waals surface area contributed by atoms with E-state index in [0.29, 0.717) is 0 Å². The van der Waals surface area contributed by atoms with E-state index >= 15 is 0 Å². The Bertz CT molecular complexity index is 712. The minimum Gasteiger partial charge on any atom is -0.395 e. The number of benzene rings is 1. The molecule has 2 aromatic rings. The Kier molecular flexibility index (Phi) is 7.50. The zero-order chi connectivity index (χ0) is 15.9. The van der Waals surface area contributed by atoms with Crippen LogP contribution >= 0.6 is 12.4 Å². The van der Waals surface area contributed by atoms with Gasteiger partial charge in [-0.05, 0) is 5.56 Å². The first-order chi connectivity index (χ1) is 10.7. The van der Waals surface area contributed by atoms with Gasteiger partial charge in [-0.2, -0.15) is 0 Å². The van der Waals surface area contributed by atoms with Crippen molar-refractivity contribution in [2.24, 2.45) is 0 Å². The van der Waals surface area contributed by atoms with Gasteiger partial charge in [0.25, 0.3) is 5.56 Å². The molecule has 23 heavy (non-hydrogen) atoms. The van der Waals surface area contributed by atoms with Crippen LogP contribution in [0.15, 0.2) is 46.1 Å². The highest BCUT2D eigenvalue weighted by Gasteiger charge is 2.14. The molecule has 2 N–H and O–H groups in total. The molecule has 126 valence electrons. The highest BCUT2D eigenvalue weighted by atomic mass is 35.5. The smallest absolute Gasteiger partial charge is 0.328 e. The number of rotatable bonds is 7. The molecule has 0 unspecified atom stereocenters. The third-order valence-electron chi connectivity index (χ3n) is 3.29. The Morgan fingerprint density at radius 2 is 1.87 bits per heavy atom. The molecule has 6 nitrogen and oxygen atoms in total. The number of H-pyrrole nitrogens is 1. The van der Waals surface area contributed by atoms with Crippen molar-refractivity contribution in [2.45, 2.75) is 6.54 Å². The fraction of sp³-hybridized carbons (Fsp3) is 0.333. The average molecular weight is 344 g/mol. The van der Waals surface area contributed by atoms with Crippen molar-refractivity contribution in [1.82, 2.24) is 9.55 Å². The summed E-state index contributed by atoms with van der Waals surface area (Å²) in [6.45, 7) is -0.635. The van der Waals surface area contributed by atoms with Gasteiger partial charge in [-0.25, -0.2) is 9.18 Å². The number of nitrogens with one attached hydrogen (secondary N) is 1. The summed E-state index contributed by atoms with van der Waals surface area (Å²) >= 11 is 0. The van der Waals surface area contributed by atoms with Gasteiger partial charge in [0.1, 0.15) is 12.4 Å². The fourth-order valence-corrected chi connectivity index (χ4v) is 2.21. The number of nitrogens with zero attached hydrogens (tertiary/aromatic N) is 2. The zero-order valence-electron chi connectivity index (χ0n) is 12.4. The van der Waals surface area contributed by atoms with Crippen LogP contribution in [0.4, 0.5) is 10.1 Å². The van der Waals surface area contributed by atoms with Gasteiger partial charge in [0, 0.05) is 19.3 Å². The number of halogens is 2. The lowest BCUT2D eigenvalue weighted by Crippen LogP contribution is -2.41. The third-order valence-corrected chi connectivity index (χ3v) is 3.29. The maximum atomic E-state index is 12.6. The van der Waals surface area contributed by atoms with Gasteiger partial charge >= 0.3 is 5.69 Å². The molecule has 0 atom stereocenters. The number of hydrogen-bond donors (Lipinski definition) is 2. The number of hydrogen-bond acceptors (Lipinski definition) is 4. The molecule has 0 amide bonds. The van der Waals surface area contributed by atoms with E-state index in [1.807, 2.05) is 30.3 Å². The standard InChI is InChI=1S/C15H18FN3O3.ClH/c16-6-7-18(8-9-20)13-10-17-15(22)19(14(13)21)11-12-4-2-1-3-5-12;/h1-5,10,20H,6-9,11H2,(H,17,22);1H. The molecule has 0 bridgehead atoms. The van der Waals surface area contributed by atoms with Crippen molar-refractivity contribution in [2.75, 3.05) is 31.3 Å². The zero-order valence-corrected chi connectivity index (χ0v) is 13.3. The van der Waals surface area contributed by atoms with Gasteiger partial charge in [0.05, 0.1) is 13.2 Å². The molecule has 0 saturated carbocycles. The van der Waals surface area contributed by atoms with Gasteiger partial charge in [0.2, 0.25) is 0 Å². The average Bonchev–Trinajstić information content (AvgIpc) is 2.52. The molecule has 0 aliphatic carbocycles. The number of anilines is 1. The molecule has 0 spiro atoms. The van der Waals surface area contributed by atoms with Crippen LogP contribution in [0.2, 0.25) is 0 Å². The summed E-state index contributed by atoms with van der Waals surface area (Å²) in [4.78, 5) is 28.3. The molecule has 0 saturated heterocycles. The summed E-state index contributed by atoms with van der Waals surface area (Å²) < 4.78 is 13.7. The number of aliphatic hydroxyl groups excluding tert-OH is 1. The summed E-state index contributed by atoms with van der Waals surface area (Å²) in [5.74, 6) is 0. The highest BCUT2D eigenvalue weighted by Crippen LogP contribution is 2.06. The SMILES string of the molecule is Cl.O=c1[nH]cc(N(CCO)CCF)c(=O)n1Cc1ccccc1. The topological polar surface area (TPSA) is 78.3 Å². The lowest BCUT2D eigenvalue weighted by molar-refractivity contribution is 0.300. The molecule has 0 aliphatic heterocycles. The molecule has 0 aliphatic rings. The largest absolute Gasteiger partial charge is 0.395 e. The summed E-state index contributed by atoms with van der Waals surface area (Å²) in [7, 11) is 0. The summed E-state index contributed by atoms with van der Waals surface area (Å²) in [5, 5.41) is 9.03. The second-order valence-corrected chi connectivity index (χ2v) is 4.76. The fourth-order valence-electron chi connectivity index (χ4n) is 2.21. The van der Waals surface area contributed by atoms with Crippen molar-refractivity contribution in [3.05, 3.63) is 62.9 Å². The monoisotopic (exact) mass is 343 g/mol. The Morgan fingerprint density at radius 3 is 2.48 bits per heavy atom. The van der Waals surface area contributed by atoms with Gasteiger partial charge in [-0.3, -0.25) is 9.36 Å². The van der Waals surface area contributed by atoms with Crippen LogP contribution in [0.5, 0.6) is 0 Å². The van der Waals surface area contributed by atoms with E-state index in [1.165, 1.54) is 11.1 Å². The molecular weight excluding hydrogens is 325 g/mol. The Morgan fingerprint density at radius 1 is 1.17 bits per heavy atom. The predicted octanol–water partition coefficient (Wildman–Crippen LogP) is 0.775. The molecule has 1 aromatic carbocycles. The van der Waals surface area contributed by atoms with Crippen LogP contribution in [-0.4, -0.2) is 41.0 Å². The van der Waals surface area contributed by atoms with Gasteiger partial charge in [-0.15, -0.1) is 12.4 Å². The molecule has 8 heteroatoms. The summed E-state index contributed by atoms with van der Waals surface area (Å²) in [6, 6.07) is 9.10. The van der Waals surface area contributed by atoms with Gasteiger partial charge in [0.15, 0.2) is 0 Å². The van der Waals surface area contributed by atoms with E-state index in [9.17, 15) is 14.0 Å². The van der Waals surface area contributed by atoms with Gasteiger partial charge in [-0.1, -0.05) is 30.3 Å². The highest BCUT2D eigenvalue weighted by molar-refractivity contribution is 5.85. The van der Waals surface area contributed by atoms with Gasteiger partial charge < -0.3 is 15.0 Å². The maximum absolute atomic E-state index is 12.6. The second-order valence-electron chi connectivity index (χ2n) is 4.76. The Hall–Kier alpha value is -2.12. The first-order valence-corrected chi connectivity index (χ1v) is 6.95. The number of aliphatic hydroxyl groups is 1. The van der Waals surface area contributed by atoms with Crippen molar-refractivity contribution >= 4 is 18.1 Å². The van der Waals surface area contributed by atoms with E-state index < -0.39 is 17.9 Å². The number of alkyl halides is 1. The van der Waals surface area contributed by atoms with Crippen molar-refractivity contribution < 1.29 is 9.50 Å². The van der Waals surface area contributed by atoms with Crippen LogP contribution in [0.1, 0.15) is 5.56 Å². The quantitative estimate of drug-likeness (QED) is 0.778. The lowest BCUT2D eigenvalue weighted by Gasteiger charge is -2.22. The molecule has 1 aromatic heterocycles. The Labute approximate surface area is 138 Å². The number of aromatic amines is 1. The van der Waals surface area contributed by atoms with Crippen LogP contribution in [0.3, 0.4) is 0 Å². The molecule has 1 heterocycles. The van der Waals surface area contributed by atoms with Crippen LogP contribution in [0.25, 0.3) is 0 Å². The predicted molar refractivity (Wildman–Crippen MR) is 89.4 cm³/mol.